The van der Waals surface area contributed by atoms with Crippen LogP contribution in [0, 0.1) is 17.8 Å². The van der Waals surface area contributed by atoms with Crippen LogP contribution in [0.15, 0.2) is 24.3 Å². The molecule has 5 rings (SSSR count). The number of hydrogen-bond donors (Lipinski definition) is 0. The van der Waals surface area contributed by atoms with Crippen LogP contribution in [-0.2, 0) is 9.47 Å². The zero-order valence-corrected chi connectivity index (χ0v) is 15.7. The lowest BCUT2D eigenvalue weighted by Gasteiger charge is -2.37. The highest BCUT2D eigenvalue weighted by atomic mass is 16.5. The van der Waals surface area contributed by atoms with Gasteiger partial charge in [0.15, 0.2) is 0 Å². The largest absolute Gasteiger partial charge is 0.493 e. The van der Waals surface area contributed by atoms with Crippen LogP contribution in [0.3, 0.4) is 0 Å². The lowest BCUT2D eigenvalue weighted by molar-refractivity contribution is 0.0395. The molecule has 0 spiro atoms. The van der Waals surface area contributed by atoms with Crippen LogP contribution in [0.5, 0.6) is 5.75 Å². The molecular weight excluding hydrogens is 344 g/mol. The number of carbonyl (C=O) groups is 1. The number of ether oxygens (including phenoxy) is 3. The number of para-hydroxylation sites is 1. The van der Waals surface area contributed by atoms with Gasteiger partial charge in [-0.25, -0.2) is 4.79 Å². The molecule has 146 valence electrons. The molecule has 0 aromatic heterocycles. The van der Waals surface area contributed by atoms with Gasteiger partial charge in [-0.1, -0.05) is 18.2 Å². The predicted molar refractivity (Wildman–Crippen MR) is 99.7 cm³/mol. The van der Waals surface area contributed by atoms with E-state index in [-0.39, 0.29) is 12.1 Å². The van der Waals surface area contributed by atoms with Gasteiger partial charge in [-0.05, 0) is 24.8 Å². The molecule has 1 saturated carbocycles. The fourth-order valence-electron chi connectivity index (χ4n) is 4.64. The van der Waals surface area contributed by atoms with Gasteiger partial charge in [-0.2, -0.15) is 0 Å². The van der Waals surface area contributed by atoms with Crippen LogP contribution in [-0.4, -0.2) is 68.5 Å². The topological polar surface area (TPSA) is 51.2 Å². The first-order valence-corrected chi connectivity index (χ1v) is 10.2. The average molecular weight is 372 g/mol. The molecule has 2 amide bonds. The summed E-state index contributed by atoms with van der Waals surface area (Å²) in [6.45, 7) is 5.59. The summed E-state index contributed by atoms with van der Waals surface area (Å²) >= 11 is 0. The van der Waals surface area contributed by atoms with Crippen molar-refractivity contribution in [3.63, 3.8) is 0 Å². The van der Waals surface area contributed by atoms with Crippen molar-refractivity contribution in [2.24, 2.45) is 17.8 Å². The number of hydrogen-bond acceptors (Lipinski definition) is 4. The second kappa shape index (κ2) is 7.32. The van der Waals surface area contributed by atoms with E-state index < -0.39 is 0 Å². The molecule has 6 heteroatoms. The Morgan fingerprint density at radius 3 is 2.78 bits per heavy atom. The Kier molecular flexibility index (Phi) is 4.70. The van der Waals surface area contributed by atoms with Crippen LogP contribution >= 0.6 is 0 Å². The molecule has 6 nitrogen and oxygen atoms in total. The number of urea groups is 1. The van der Waals surface area contributed by atoms with Crippen molar-refractivity contribution in [1.82, 2.24) is 9.80 Å². The Balaban J connectivity index is 1.37. The molecule has 27 heavy (non-hydrogen) atoms. The zero-order valence-electron chi connectivity index (χ0n) is 15.7. The Morgan fingerprint density at radius 2 is 1.96 bits per heavy atom. The number of rotatable bonds is 4. The van der Waals surface area contributed by atoms with E-state index >= 15 is 0 Å². The van der Waals surface area contributed by atoms with E-state index in [1.807, 2.05) is 23.1 Å². The van der Waals surface area contributed by atoms with Crippen molar-refractivity contribution in [3.8, 4) is 5.75 Å². The third kappa shape index (κ3) is 3.41. The van der Waals surface area contributed by atoms with Gasteiger partial charge in [-0.3, -0.25) is 0 Å². The maximum atomic E-state index is 13.3. The van der Waals surface area contributed by atoms with Gasteiger partial charge in [0.05, 0.1) is 32.5 Å². The van der Waals surface area contributed by atoms with E-state index in [1.165, 1.54) is 12.8 Å². The van der Waals surface area contributed by atoms with Crippen LogP contribution in [0.2, 0.25) is 0 Å². The number of morpholine rings is 1. The molecule has 3 heterocycles. The van der Waals surface area contributed by atoms with Gasteiger partial charge in [-0.15, -0.1) is 0 Å². The van der Waals surface area contributed by atoms with Crippen molar-refractivity contribution in [1.29, 1.82) is 0 Å². The molecule has 0 N–H and O–H groups in total. The van der Waals surface area contributed by atoms with Gasteiger partial charge in [0.1, 0.15) is 5.75 Å². The first kappa shape index (κ1) is 17.3. The van der Waals surface area contributed by atoms with Crippen LogP contribution in [0.25, 0.3) is 0 Å². The number of fused-ring (bicyclic) bond motifs is 3. The summed E-state index contributed by atoms with van der Waals surface area (Å²) in [5.74, 6) is 2.30. The van der Waals surface area contributed by atoms with Crippen LogP contribution in [0.1, 0.15) is 24.4 Å². The summed E-state index contributed by atoms with van der Waals surface area (Å²) in [6, 6.07) is 8.38. The molecular formula is C21H28N2O4. The Hall–Kier alpha value is -1.79. The summed E-state index contributed by atoms with van der Waals surface area (Å²) in [4.78, 5) is 17.3. The van der Waals surface area contributed by atoms with Crippen molar-refractivity contribution in [2.45, 2.75) is 18.9 Å². The van der Waals surface area contributed by atoms with Gasteiger partial charge in [0, 0.05) is 43.6 Å². The Morgan fingerprint density at radius 1 is 1.15 bits per heavy atom. The molecule has 4 aliphatic rings. The third-order valence-electron chi connectivity index (χ3n) is 6.36. The highest BCUT2D eigenvalue weighted by Gasteiger charge is 2.49. The molecule has 1 aromatic carbocycles. The zero-order chi connectivity index (χ0) is 18.2. The van der Waals surface area contributed by atoms with Crippen molar-refractivity contribution in [2.75, 3.05) is 52.7 Å². The van der Waals surface area contributed by atoms with Gasteiger partial charge in [0.25, 0.3) is 0 Å². The minimum Gasteiger partial charge on any atom is -0.493 e. The smallest absolute Gasteiger partial charge is 0.320 e. The molecule has 1 aliphatic carbocycles. The molecule has 3 aliphatic heterocycles. The minimum absolute atomic E-state index is 0.0832. The maximum Gasteiger partial charge on any atom is 0.320 e. The van der Waals surface area contributed by atoms with E-state index in [0.29, 0.717) is 44.7 Å². The second-order valence-corrected chi connectivity index (χ2v) is 8.23. The minimum atomic E-state index is 0.0832. The highest BCUT2D eigenvalue weighted by molar-refractivity contribution is 5.76. The summed E-state index contributed by atoms with van der Waals surface area (Å²) in [5, 5.41) is 0. The van der Waals surface area contributed by atoms with Crippen LogP contribution < -0.4 is 4.74 Å². The normalized spacial score (nSPS) is 29.9. The SMILES string of the molecule is O=C(N1CCOCC1)N1C[C@@H](COCC2CC2)[C@@H]2COc3ccccc3[C@@H]21. The summed E-state index contributed by atoms with van der Waals surface area (Å²) in [6.07, 6.45) is 2.60. The highest BCUT2D eigenvalue weighted by Crippen LogP contribution is 2.47. The number of nitrogens with zero attached hydrogens (tertiary/aromatic N) is 2. The summed E-state index contributed by atoms with van der Waals surface area (Å²) < 4.78 is 17.5. The van der Waals surface area contributed by atoms with E-state index in [2.05, 4.69) is 11.0 Å². The van der Waals surface area contributed by atoms with Gasteiger partial charge >= 0.3 is 6.03 Å². The van der Waals surface area contributed by atoms with Crippen LogP contribution in [0.4, 0.5) is 4.79 Å². The first-order valence-electron chi connectivity index (χ1n) is 10.2. The van der Waals surface area contributed by atoms with Gasteiger partial charge < -0.3 is 24.0 Å². The molecule has 1 aromatic rings. The maximum absolute atomic E-state index is 13.3. The molecule has 0 unspecified atom stereocenters. The van der Waals surface area contributed by atoms with Crippen molar-refractivity contribution in [3.05, 3.63) is 29.8 Å². The molecule has 0 bridgehead atoms. The molecule has 3 atom stereocenters. The number of likely N-dealkylation sites (tertiary alicyclic amines) is 1. The van der Waals surface area contributed by atoms with E-state index in [1.54, 1.807) is 0 Å². The lowest BCUT2D eigenvalue weighted by atomic mass is 9.86. The summed E-state index contributed by atoms with van der Waals surface area (Å²) in [5.41, 5.74) is 1.14. The van der Waals surface area contributed by atoms with Crippen molar-refractivity contribution < 1.29 is 19.0 Å². The Labute approximate surface area is 160 Å². The number of carbonyl (C=O) groups excluding carboxylic acids is 1. The first-order chi connectivity index (χ1) is 13.3. The van der Waals surface area contributed by atoms with Crippen molar-refractivity contribution >= 4 is 6.03 Å². The number of benzene rings is 1. The standard InChI is InChI=1S/C21H28N2O4/c24-21(22-7-9-25-10-8-22)23-11-16(13-26-12-15-5-6-15)18-14-27-19-4-2-1-3-17(19)20(18)23/h1-4,15-16,18,20H,5-14H2/t16-,18-,20-/m0/s1. The molecule has 0 radical (unpaired) electrons. The second-order valence-electron chi connectivity index (χ2n) is 8.23. The fourth-order valence-corrected chi connectivity index (χ4v) is 4.64. The number of amides is 2. The fraction of sp³-hybridized carbons (Fsp3) is 0.667. The molecule has 3 fully saturated rings. The average Bonchev–Trinajstić information content (AvgIpc) is 3.47. The monoisotopic (exact) mass is 372 g/mol. The molecule has 2 saturated heterocycles. The van der Waals surface area contributed by atoms with Gasteiger partial charge in [0.2, 0.25) is 0 Å². The Bertz CT molecular complexity index is 687. The van der Waals surface area contributed by atoms with E-state index in [0.717, 1.165) is 37.0 Å². The van der Waals surface area contributed by atoms with E-state index in [4.69, 9.17) is 14.2 Å². The lowest BCUT2D eigenvalue weighted by Crippen LogP contribution is -2.48. The quantitative estimate of drug-likeness (QED) is 0.815. The third-order valence-corrected chi connectivity index (χ3v) is 6.36. The van der Waals surface area contributed by atoms with E-state index in [9.17, 15) is 4.79 Å². The summed E-state index contributed by atoms with van der Waals surface area (Å²) in [7, 11) is 0. The predicted octanol–water partition coefficient (Wildman–Crippen LogP) is 2.55.